The number of hydrogen-bond acceptors (Lipinski definition) is 3. The second-order valence-corrected chi connectivity index (χ2v) is 10.1. The molecule has 4 aromatic carbocycles. The van der Waals surface area contributed by atoms with Crippen LogP contribution < -0.4 is 0 Å². The molecule has 0 amide bonds. The highest BCUT2D eigenvalue weighted by molar-refractivity contribution is 7.90. The molecule has 1 heterocycles. The minimum atomic E-state index is -3.27. The maximum absolute atomic E-state index is 11.9. The number of imidazole rings is 1. The Labute approximate surface area is 191 Å². The maximum atomic E-state index is 11.9. The van der Waals surface area contributed by atoms with Crippen molar-refractivity contribution in [3.05, 3.63) is 102 Å². The Balaban J connectivity index is 1.67. The van der Waals surface area contributed by atoms with Crippen LogP contribution in [0.15, 0.2) is 102 Å². The molecule has 0 aliphatic rings. The van der Waals surface area contributed by atoms with Crippen molar-refractivity contribution in [3.63, 3.8) is 0 Å². The predicted molar refractivity (Wildman–Crippen MR) is 130 cm³/mol. The second kappa shape index (κ2) is 7.93. The minimum Gasteiger partial charge on any atom is -0.299 e. The molecule has 0 spiro atoms. The minimum absolute atomic E-state index is 0.282. The Morgan fingerprint density at radius 2 is 1.44 bits per heavy atom. The number of fused-ring (bicyclic) bond motifs is 1. The van der Waals surface area contributed by atoms with Gasteiger partial charge in [0.15, 0.2) is 9.84 Å². The molecule has 32 heavy (non-hydrogen) atoms. The smallest absolute Gasteiger partial charge is 0.175 e. The summed E-state index contributed by atoms with van der Waals surface area (Å²) in [5.74, 6) is 0.747. The van der Waals surface area contributed by atoms with E-state index in [1.807, 2.05) is 47.2 Å². The third kappa shape index (κ3) is 3.93. The van der Waals surface area contributed by atoms with E-state index in [0.717, 1.165) is 33.7 Å². The number of aromatic nitrogens is 2. The molecule has 5 aromatic rings. The highest BCUT2D eigenvalue weighted by atomic mass is 35.5. The average molecular weight is 459 g/mol. The van der Waals surface area contributed by atoms with Gasteiger partial charge in [-0.2, -0.15) is 0 Å². The van der Waals surface area contributed by atoms with Gasteiger partial charge in [-0.1, -0.05) is 48.0 Å². The summed E-state index contributed by atoms with van der Waals surface area (Å²) in [6, 6.07) is 28.8. The summed E-state index contributed by atoms with van der Waals surface area (Å²) in [4.78, 5) is 5.22. The molecule has 0 aliphatic carbocycles. The summed E-state index contributed by atoms with van der Waals surface area (Å²) < 4.78 is 25.7. The van der Waals surface area contributed by atoms with Crippen LogP contribution in [0.4, 0.5) is 0 Å². The molecule has 0 saturated heterocycles. The van der Waals surface area contributed by atoms with Gasteiger partial charge in [0.25, 0.3) is 0 Å². The molecule has 0 fully saturated rings. The predicted octanol–water partition coefficient (Wildman–Crippen LogP) is 6.42. The molecule has 0 bridgehead atoms. The molecule has 158 valence electrons. The Kier molecular flexibility index (Phi) is 5.08. The lowest BCUT2D eigenvalue weighted by atomic mass is 10.1. The largest absolute Gasteiger partial charge is 0.299 e. The quantitative estimate of drug-likeness (QED) is 0.312. The Hall–Kier alpha value is -3.41. The van der Waals surface area contributed by atoms with Crippen molar-refractivity contribution >= 4 is 32.2 Å². The van der Waals surface area contributed by atoms with E-state index in [4.69, 9.17) is 16.6 Å². The lowest BCUT2D eigenvalue weighted by Crippen LogP contribution is -1.99. The first kappa shape index (κ1) is 20.5. The zero-order chi connectivity index (χ0) is 22.3. The Morgan fingerprint density at radius 3 is 2.12 bits per heavy atom. The van der Waals surface area contributed by atoms with Gasteiger partial charge in [0, 0.05) is 34.3 Å². The standard InChI is InChI=1S/C26H19ClN2O2S/c1-32(30,31)24-14-12-23(13-15-24)29-17-25(28-26(29)19-8-10-22(27)11-9-19)21-7-6-18-4-2-3-5-20(18)16-21/h2-17H,1H3. The van der Waals surface area contributed by atoms with Crippen molar-refractivity contribution in [2.75, 3.05) is 6.26 Å². The lowest BCUT2D eigenvalue weighted by molar-refractivity contribution is 0.602. The first-order chi connectivity index (χ1) is 15.4. The van der Waals surface area contributed by atoms with Crippen LogP contribution in [0.2, 0.25) is 5.02 Å². The van der Waals surface area contributed by atoms with Crippen molar-refractivity contribution in [2.45, 2.75) is 4.90 Å². The molecule has 5 rings (SSSR count). The van der Waals surface area contributed by atoms with Crippen LogP contribution in [0, 0.1) is 0 Å². The van der Waals surface area contributed by atoms with Crippen molar-refractivity contribution in [1.82, 2.24) is 9.55 Å². The van der Waals surface area contributed by atoms with E-state index < -0.39 is 9.84 Å². The molecular formula is C26H19ClN2O2S. The highest BCUT2D eigenvalue weighted by Crippen LogP contribution is 2.30. The van der Waals surface area contributed by atoms with E-state index in [9.17, 15) is 8.42 Å². The molecular weight excluding hydrogens is 440 g/mol. The number of benzene rings is 4. The van der Waals surface area contributed by atoms with E-state index in [-0.39, 0.29) is 4.90 Å². The van der Waals surface area contributed by atoms with Gasteiger partial charge in [0.05, 0.1) is 10.6 Å². The third-order valence-corrected chi connectivity index (χ3v) is 6.78. The number of rotatable bonds is 4. The third-order valence-electron chi connectivity index (χ3n) is 5.40. The molecule has 1 aromatic heterocycles. The number of halogens is 1. The summed E-state index contributed by atoms with van der Waals surface area (Å²) in [6.07, 6.45) is 3.18. The second-order valence-electron chi connectivity index (χ2n) is 7.65. The molecule has 0 radical (unpaired) electrons. The van der Waals surface area contributed by atoms with Crippen LogP contribution in [0.5, 0.6) is 0 Å². The van der Waals surface area contributed by atoms with Gasteiger partial charge in [0.1, 0.15) is 5.82 Å². The summed E-state index contributed by atoms with van der Waals surface area (Å²) >= 11 is 6.09. The van der Waals surface area contributed by atoms with Gasteiger partial charge in [-0.25, -0.2) is 13.4 Å². The molecule has 4 nitrogen and oxygen atoms in total. The zero-order valence-electron chi connectivity index (χ0n) is 17.2. The maximum Gasteiger partial charge on any atom is 0.175 e. The summed E-state index contributed by atoms with van der Waals surface area (Å²) in [5, 5.41) is 2.97. The average Bonchev–Trinajstić information content (AvgIpc) is 3.24. The van der Waals surface area contributed by atoms with Crippen molar-refractivity contribution in [3.8, 4) is 28.3 Å². The lowest BCUT2D eigenvalue weighted by Gasteiger charge is -2.09. The van der Waals surface area contributed by atoms with Crippen LogP contribution in [0.1, 0.15) is 0 Å². The van der Waals surface area contributed by atoms with E-state index in [1.165, 1.54) is 11.6 Å². The fourth-order valence-electron chi connectivity index (χ4n) is 3.72. The van der Waals surface area contributed by atoms with E-state index >= 15 is 0 Å². The van der Waals surface area contributed by atoms with Gasteiger partial charge < -0.3 is 0 Å². The summed E-state index contributed by atoms with van der Waals surface area (Å²) in [7, 11) is -3.27. The number of hydrogen-bond donors (Lipinski definition) is 0. The summed E-state index contributed by atoms with van der Waals surface area (Å²) in [6.45, 7) is 0. The summed E-state index contributed by atoms with van der Waals surface area (Å²) in [5.41, 5.74) is 3.56. The fraction of sp³-hybridized carbons (Fsp3) is 0.0385. The van der Waals surface area contributed by atoms with Crippen molar-refractivity contribution in [1.29, 1.82) is 0 Å². The number of nitrogens with zero attached hydrogens (tertiary/aromatic N) is 2. The molecule has 0 saturated carbocycles. The molecule has 0 atom stereocenters. The monoisotopic (exact) mass is 458 g/mol. The Bertz CT molecular complexity index is 1540. The van der Waals surface area contributed by atoms with Gasteiger partial charge in [-0.15, -0.1) is 0 Å². The van der Waals surface area contributed by atoms with E-state index in [2.05, 4.69) is 30.3 Å². The van der Waals surface area contributed by atoms with Crippen LogP contribution in [-0.2, 0) is 9.84 Å². The van der Waals surface area contributed by atoms with Crippen LogP contribution in [0.25, 0.3) is 39.1 Å². The molecule has 0 aliphatic heterocycles. The van der Waals surface area contributed by atoms with Gasteiger partial charge in [0.2, 0.25) is 0 Å². The zero-order valence-corrected chi connectivity index (χ0v) is 18.8. The van der Waals surface area contributed by atoms with E-state index in [1.54, 1.807) is 24.3 Å². The Morgan fingerprint density at radius 1 is 0.781 bits per heavy atom. The molecule has 6 heteroatoms. The van der Waals surface area contributed by atoms with Gasteiger partial charge >= 0.3 is 0 Å². The molecule has 0 N–H and O–H groups in total. The topological polar surface area (TPSA) is 52.0 Å². The SMILES string of the molecule is CS(=O)(=O)c1ccc(-n2cc(-c3ccc4ccccc4c3)nc2-c2ccc(Cl)cc2)cc1. The van der Waals surface area contributed by atoms with E-state index in [0.29, 0.717) is 5.02 Å². The number of sulfone groups is 1. The van der Waals surface area contributed by atoms with Crippen LogP contribution in [0.3, 0.4) is 0 Å². The van der Waals surface area contributed by atoms with Crippen molar-refractivity contribution < 1.29 is 8.42 Å². The van der Waals surface area contributed by atoms with Gasteiger partial charge in [-0.05, 0) is 65.4 Å². The van der Waals surface area contributed by atoms with Crippen molar-refractivity contribution in [2.24, 2.45) is 0 Å². The highest BCUT2D eigenvalue weighted by Gasteiger charge is 2.15. The fourth-order valence-corrected chi connectivity index (χ4v) is 4.48. The van der Waals surface area contributed by atoms with Crippen LogP contribution in [-0.4, -0.2) is 24.2 Å². The molecule has 0 unspecified atom stereocenters. The normalized spacial score (nSPS) is 11.7. The van der Waals surface area contributed by atoms with Crippen LogP contribution >= 0.6 is 11.6 Å². The first-order valence-corrected chi connectivity index (χ1v) is 12.3. The van der Waals surface area contributed by atoms with Gasteiger partial charge in [-0.3, -0.25) is 4.57 Å². The first-order valence-electron chi connectivity index (χ1n) is 10.0.